The Morgan fingerprint density at radius 1 is 0.971 bits per heavy atom. The van der Waals surface area contributed by atoms with Gasteiger partial charge in [-0.05, 0) is 31.7 Å². The van der Waals surface area contributed by atoms with Crippen LogP contribution in [0.1, 0.15) is 40.9 Å². The molecule has 0 spiro atoms. The van der Waals surface area contributed by atoms with Crippen molar-refractivity contribution in [3.05, 3.63) is 46.2 Å². The third-order valence-corrected chi connectivity index (χ3v) is 5.67. The average molecular weight is 557 g/mol. The molecule has 0 aliphatic heterocycles. The van der Waals surface area contributed by atoms with Crippen LogP contribution in [0.25, 0.3) is 0 Å². The second-order valence-corrected chi connectivity index (χ2v) is 9.17. The van der Waals surface area contributed by atoms with Gasteiger partial charge in [-0.1, -0.05) is 41.4 Å². The van der Waals surface area contributed by atoms with Crippen molar-refractivity contribution in [1.82, 2.24) is 20.6 Å². The van der Waals surface area contributed by atoms with Gasteiger partial charge in [-0.25, -0.2) is 9.97 Å². The summed E-state index contributed by atoms with van der Waals surface area (Å²) in [5.41, 5.74) is 13.6. The second-order valence-electron chi connectivity index (χ2n) is 8.82. The Labute approximate surface area is 217 Å². The van der Waals surface area contributed by atoms with Crippen LogP contribution in [-0.2, 0) is 11.2 Å². The van der Waals surface area contributed by atoms with E-state index in [1.54, 1.807) is 0 Å². The molecule has 0 bridgehead atoms. The molecular formula is C23H35BrClN7O2. The molecule has 0 unspecified atom stereocenters. The molecule has 1 heterocycles. The van der Waals surface area contributed by atoms with E-state index in [1.165, 1.54) is 11.1 Å². The first-order chi connectivity index (χ1) is 15.6. The van der Waals surface area contributed by atoms with Crippen molar-refractivity contribution < 1.29 is 31.1 Å². The highest BCUT2D eigenvalue weighted by Crippen LogP contribution is 2.17. The SMILES string of the molecule is Cc1ccc(CCC(=O)NCCCC[N+](C)(C)CCNC(=O)c2nc(Cl)c(N)nc2N)cc1.[Br-]. The van der Waals surface area contributed by atoms with Gasteiger partial charge in [0, 0.05) is 13.0 Å². The third-order valence-electron chi connectivity index (χ3n) is 5.40. The van der Waals surface area contributed by atoms with Gasteiger partial charge in [0.15, 0.2) is 22.5 Å². The number of amides is 2. The Bertz CT molecular complexity index is 955. The first kappa shape index (κ1) is 29.6. The lowest BCUT2D eigenvalue weighted by Gasteiger charge is -2.30. The minimum absolute atomic E-state index is 0. The minimum atomic E-state index is -0.435. The zero-order chi connectivity index (χ0) is 24.4. The predicted octanol–water partition coefficient (Wildman–Crippen LogP) is -1.06. The molecule has 0 saturated heterocycles. The summed E-state index contributed by atoms with van der Waals surface area (Å²) >= 11 is 5.83. The van der Waals surface area contributed by atoms with Crippen LogP contribution in [0.15, 0.2) is 24.3 Å². The van der Waals surface area contributed by atoms with Crippen LogP contribution < -0.4 is 39.1 Å². The van der Waals surface area contributed by atoms with Gasteiger partial charge in [0.05, 0.1) is 33.7 Å². The number of benzene rings is 1. The van der Waals surface area contributed by atoms with E-state index in [0.29, 0.717) is 19.5 Å². The number of nitrogens with zero attached hydrogens (tertiary/aromatic N) is 3. The van der Waals surface area contributed by atoms with Gasteiger partial charge in [-0.3, -0.25) is 9.59 Å². The molecular weight excluding hydrogens is 522 g/mol. The highest BCUT2D eigenvalue weighted by molar-refractivity contribution is 6.31. The number of likely N-dealkylation sites (N-methyl/N-ethyl adjacent to an activating group) is 1. The Morgan fingerprint density at radius 3 is 2.32 bits per heavy atom. The van der Waals surface area contributed by atoms with Crippen LogP contribution in [-0.4, -0.2) is 66.5 Å². The number of carbonyl (C=O) groups excluding carboxylic acids is 2. The number of aromatic nitrogens is 2. The molecule has 0 fully saturated rings. The lowest BCUT2D eigenvalue weighted by molar-refractivity contribution is -0.889. The number of anilines is 2. The van der Waals surface area contributed by atoms with Crippen molar-refractivity contribution in [2.75, 3.05) is 51.7 Å². The van der Waals surface area contributed by atoms with Gasteiger partial charge in [0.25, 0.3) is 5.91 Å². The van der Waals surface area contributed by atoms with Crippen molar-refractivity contribution in [1.29, 1.82) is 0 Å². The van der Waals surface area contributed by atoms with Gasteiger partial charge in [-0.2, -0.15) is 0 Å². The number of nitrogens with two attached hydrogens (primary N) is 2. The van der Waals surface area contributed by atoms with Crippen molar-refractivity contribution in [2.24, 2.45) is 0 Å². The molecule has 1 aromatic carbocycles. The van der Waals surface area contributed by atoms with E-state index in [0.717, 1.165) is 36.8 Å². The second kappa shape index (κ2) is 14.1. The maximum atomic E-state index is 12.3. The molecule has 2 rings (SSSR count). The largest absolute Gasteiger partial charge is 1.00 e. The van der Waals surface area contributed by atoms with Crippen LogP contribution >= 0.6 is 11.6 Å². The van der Waals surface area contributed by atoms with Crippen LogP contribution in [0.4, 0.5) is 11.6 Å². The minimum Gasteiger partial charge on any atom is -1.00 e. The molecule has 0 aliphatic rings. The number of carbonyl (C=O) groups is 2. The molecule has 2 aromatic rings. The topological polar surface area (TPSA) is 136 Å². The maximum absolute atomic E-state index is 12.3. The van der Waals surface area contributed by atoms with E-state index in [9.17, 15) is 9.59 Å². The molecule has 11 heteroatoms. The molecule has 34 heavy (non-hydrogen) atoms. The predicted molar refractivity (Wildman–Crippen MR) is 132 cm³/mol. The van der Waals surface area contributed by atoms with Crippen molar-refractivity contribution >= 4 is 35.1 Å². The summed E-state index contributed by atoms with van der Waals surface area (Å²) in [6.45, 7) is 4.81. The van der Waals surface area contributed by atoms with E-state index in [-0.39, 0.29) is 45.4 Å². The summed E-state index contributed by atoms with van der Waals surface area (Å²) in [7, 11) is 4.20. The van der Waals surface area contributed by atoms with E-state index >= 15 is 0 Å². The number of quaternary nitrogens is 1. The summed E-state index contributed by atoms with van der Waals surface area (Å²) in [6, 6.07) is 8.27. The number of aryl methyl sites for hydroxylation is 2. The monoisotopic (exact) mass is 555 g/mol. The maximum Gasteiger partial charge on any atom is 0.273 e. The number of nitrogens with one attached hydrogen (secondary N) is 2. The number of rotatable bonds is 12. The van der Waals surface area contributed by atoms with Crippen LogP contribution in [0.3, 0.4) is 0 Å². The Kier molecular flexibility index (Phi) is 12.3. The van der Waals surface area contributed by atoms with E-state index in [1.807, 2.05) is 0 Å². The smallest absolute Gasteiger partial charge is 0.273 e. The summed E-state index contributed by atoms with van der Waals surface area (Å²) in [6.07, 6.45) is 3.12. The summed E-state index contributed by atoms with van der Waals surface area (Å²) in [5.74, 6) is -0.414. The number of nitrogen functional groups attached to an aromatic ring is 2. The van der Waals surface area contributed by atoms with E-state index in [4.69, 9.17) is 23.1 Å². The number of hydrogen-bond acceptors (Lipinski definition) is 6. The van der Waals surface area contributed by atoms with Crippen molar-refractivity contribution in [2.45, 2.75) is 32.6 Å². The summed E-state index contributed by atoms with van der Waals surface area (Å²) < 4.78 is 0.727. The molecule has 0 radical (unpaired) electrons. The van der Waals surface area contributed by atoms with Crippen molar-refractivity contribution in [3.63, 3.8) is 0 Å². The molecule has 6 N–H and O–H groups in total. The Hall–Kier alpha value is -2.43. The molecule has 1 aromatic heterocycles. The van der Waals surface area contributed by atoms with Gasteiger partial charge >= 0.3 is 0 Å². The lowest BCUT2D eigenvalue weighted by Crippen LogP contribution is -3.00. The molecule has 2 amide bonds. The fraction of sp³-hybridized carbons (Fsp3) is 0.478. The molecule has 9 nitrogen and oxygen atoms in total. The number of unbranched alkanes of at least 4 members (excludes halogenated alkanes) is 1. The third kappa shape index (κ3) is 10.2. The molecule has 0 saturated carbocycles. The number of halogens is 2. The van der Waals surface area contributed by atoms with Crippen LogP contribution in [0.5, 0.6) is 0 Å². The van der Waals surface area contributed by atoms with Crippen molar-refractivity contribution in [3.8, 4) is 0 Å². The normalized spacial score (nSPS) is 10.9. The Balaban J connectivity index is 0.00000578. The van der Waals surface area contributed by atoms with E-state index < -0.39 is 5.91 Å². The van der Waals surface area contributed by atoms with Crippen LogP contribution in [0, 0.1) is 6.92 Å². The van der Waals surface area contributed by atoms with E-state index in [2.05, 4.69) is 65.9 Å². The van der Waals surface area contributed by atoms with Gasteiger partial charge in [-0.15, -0.1) is 0 Å². The average Bonchev–Trinajstić information content (AvgIpc) is 2.75. The highest BCUT2D eigenvalue weighted by atomic mass is 79.9. The summed E-state index contributed by atoms with van der Waals surface area (Å²) in [4.78, 5) is 32.1. The first-order valence-electron chi connectivity index (χ1n) is 11.1. The quantitative estimate of drug-likeness (QED) is 0.194. The number of hydrogen-bond donors (Lipinski definition) is 4. The fourth-order valence-corrected chi connectivity index (χ4v) is 3.40. The lowest BCUT2D eigenvalue weighted by atomic mass is 10.1. The molecule has 0 atom stereocenters. The Morgan fingerprint density at radius 2 is 1.65 bits per heavy atom. The highest BCUT2D eigenvalue weighted by Gasteiger charge is 2.18. The molecule has 0 aliphatic carbocycles. The van der Waals surface area contributed by atoms with Crippen LogP contribution in [0.2, 0.25) is 5.15 Å². The van der Waals surface area contributed by atoms with Gasteiger partial charge in [0.1, 0.15) is 0 Å². The fourth-order valence-electron chi connectivity index (χ4n) is 3.27. The zero-order valence-electron chi connectivity index (χ0n) is 20.0. The standard InChI is InChI=1S/C23H34ClN7O2.BrH/c1-16-6-8-17(9-7-16)10-11-18(32)27-12-4-5-14-31(2,3)15-13-28-23(33)19-21(25)30-22(26)20(24)29-19;/h6-9H,4-5,10-15H2,1-3H3,(H5-,25,26,27,28,30,32,33);1H. The summed E-state index contributed by atoms with van der Waals surface area (Å²) in [5, 5.41) is 5.74. The van der Waals surface area contributed by atoms with Gasteiger partial charge in [0.2, 0.25) is 5.91 Å². The zero-order valence-corrected chi connectivity index (χ0v) is 22.4. The van der Waals surface area contributed by atoms with Gasteiger partial charge < -0.3 is 43.6 Å². The first-order valence-corrected chi connectivity index (χ1v) is 11.5. The molecule has 188 valence electrons.